The van der Waals surface area contributed by atoms with Gasteiger partial charge in [0.2, 0.25) is 0 Å². The van der Waals surface area contributed by atoms with Gasteiger partial charge in [0.25, 0.3) is 11.5 Å². The van der Waals surface area contributed by atoms with Crippen molar-refractivity contribution in [1.29, 1.82) is 0 Å². The van der Waals surface area contributed by atoms with Gasteiger partial charge in [-0.1, -0.05) is 0 Å². The van der Waals surface area contributed by atoms with Crippen LogP contribution < -0.4 is 10.5 Å². The number of carbonyl (C=O) groups excluding carboxylic acids is 1. The first-order valence-corrected chi connectivity index (χ1v) is 9.33. The summed E-state index contributed by atoms with van der Waals surface area (Å²) >= 11 is 0. The van der Waals surface area contributed by atoms with E-state index in [-0.39, 0.29) is 17.0 Å². The molecule has 6 nitrogen and oxygen atoms in total. The number of rotatable bonds is 2. The third-order valence-electron chi connectivity index (χ3n) is 5.49. The number of aryl methyl sites for hydroxylation is 3. The van der Waals surface area contributed by atoms with Crippen molar-refractivity contribution in [1.82, 2.24) is 14.9 Å². The van der Waals surface area contributed by atoms with Crippen LogP contribution in [0.4, 0.5) is 5.69 Å². The van der Waals surface area contributed by atoms with E-state index < -0.39 is 0 Å². The van der Waals surface area contributed by atoms with Crippen LogP contribution in [0.25, 0.3) is 0 Å². The summed E-state index contributed by atoms with van der Waals surface area (Å²) in [4.78, 5) is 36.5. The summed E-state index contributed by atoms with van der Waals surface area (Å²) in [6, 6.07) is 3.83. The molecule has 1 fully saturated rings. The van der Waals surface area contributed by atoms with Crippen LogP contribution in [0, 0.1) is 6.92 Å². The Labute approximate surface area is 152 Å². The van der Waals surface area contributed by atoms with Gasteiger partial charge < -0.3 is 14.8 Å². The van der Waals surface area contributed by atoms with Crippen LogP contribution in [-0.2, 0) is 12.8 Å². The van der Waals surface area contributed by atoms with Gasteiger partial charge in [-0.3, -0.25) is 14.6 Å². The van der Waals surface area contributed by atoms with Gasteiger partial charge in [-0.05, 0) is 55.9 Å². The Hall–Kier alpha value is -2.63. The van der Waals surface area contributed by atoms with Gasteiger partial charge >= 0.3 is 0 Å². The number of carbonyl (C=O) groups is 1. The molecular formula is C20H24N4O2. The minimum atomic E-state index is -0.249. The summed E-state index contributed by atoms with van der Waals surface area (Å²) in [6.45, 7) is 4.80. The average Bonchev–Trinajstić information content (AvgIpc) is 2.67. The average molecular weight is 352 g/mol. The first kappa shape index (κ1) is 16.8. The molecule has 0 atom stereocenters. The number of aromatic nitrogens is 2. The van der Waals surface area contributed by atoms with E-state index in [4.69, 9.17) is 0 Å². The second kappa shape index (κ2) is 6.94. The summed E-state index contributed by atoms with van der Waals surface area (Å²) < 4.78 is 0. The largest absolute Gasteiger partial charge is 0.367 e. The van der Waals surface area contributed by atoms with Crippen LogP contribution in [0.3, 0.4) is 0 Å². The zero-order chi connectivity index (χ0) is 18.1. The minimum absolute atomic E-state index is 0.151. The van der Waals surface area contributed by atoms with Gasteiger partial charge in [0.15, 0.2) is 0 Å². The quantitative estimate of drug-likeness (QED) is 0.897. The number of pyridine rings is 2. The van der Waals surface area contributed by atoms with Crippen LogP contribution in [0.1, 0.15) is 40.0 Å². The molecule has 136 valence electrons. The number of amides is 1. The number of aromatic amines is 1. The van der Waals surface area contributed by atoms with Crippen molar-refractivity contribution >= 4 is 11.6 Å². The molecule has 2 aliphatic rings. The van der Waals surface area contributed by atoms with E-state index in [0.29, 0.717) is 13.1 Å². The molecular weight excluding hydrogens is 328 g/mol. The SMILES string of the molecule is Cc1ccncc1N1CCN(C(=O)c2cc3c([nH]c2=O)CCCC3)CC1. The van der Waals surface area contributed by atoms with Crippen LogP contribution >= 0.6 is 0 Å². The molecule has 0 aromatic carbocycles. The number of hydrogen-bond donors (Lipinski definition) is 1. The molecule has 6 heteroatoms. The lowest BCUT2D eigenvalue weighted by Gasteiger charge is -2.36. The van der Waals surface area contributed by atoms with E-state index >= 15 is 0 Å². The fraction of sp³-hybridized carbons (Fsp3) is 0.450. The molecule has 0 unspecified atom stereocenters. The summed E-state index contributed by atoms with van der Waals surface area (Å²) in [5.41, 5.74) is 4.48. The smallest absolute Gasteiger partial charge is 0.261 e. The summed E-state index contributed by atoms with van der Waals surface area (Å²) in [7, 11) is 0. The van der Waals surface area contributed by atoms with Crippen LogP contribution in [0.5, 0.6) is 0 Å². The molecule has 1 N–H and O–H groups in total. The molecule has 0 saturated carbocycles. The highest BCUT2D eigenvalue weighted by Gasteiger charge is 2.26. The Morgan fingerprint density at radius 1 is 1.15 bits per heavy atom. The van der Waals surface area contributed by atoms with Crippen LogP contribution in [-0.4, -0.2) is 47.0 Å². The number of anilines is 1. The fourth-order valence-electron chi connectivity index (χ4n) is 3.94. The zero-order valence-electron chi connectivity index (χ0n) is 15.1. The van der Waals surface area contributed by atoms with E-state index in [1.807, 2.05) is 18.3 Å². The fourth-order valence-corrected chi connectivity index (χ4v) is 3.94. The third kappa shape index (κ3) is 3.11. The number of nitrogens with one attached hydrogen (secondary N) is 1. The Morgan fingerprint density at radius 3 is 2.69 bits per heavy atom. The molecule has 3 heterocycles. The van der Waals surface area contributed by atoms with Gasteiger partial charge in [-0.15, -0.1) is 0 Å². The third-order valence-corrected chi connectivity index (χ3v) is 5.49. The number of piperazine rings is 1. The predicted octanol–water partition coefficient (Wildman–Crippen LogP) is 1.92. The Bertz CT molecular complexity index is 882. The zero-order valence-corrected chi connectivity index (χ0v) is 15.1. The first-order valence-electron chi connectivity index (χ1n) is 9.33. The molecule has 1 aliphatic carbocycles. The van der Waals surface area contributed by atoms with Gasteiger partial charge in [0.1, 0.15) is 5.56 Å². The molecule has 1 amide bonds. The van der Waals surface area contributed by atoms with Crippen molar-refractivity contribution in [3.63, 3.8) is 0 Å². The lowest BCUT2D eigenvalue weighted by atomic mass is 9.95. The Balaban J connectivity index is 1.49. The number of fused-ring (bicyclic) bond motifs is 1. The van der Waals surface area contributed by atoms with E-state index in [2.05, 4.69) is 21.8 Å². The van der Waals surface area contributed by atoms with E-state index in [1.165, 1.54) is 5.56 Å². The minimum Gasteiger partial charge on any atom is -0.367 e. The second-order valence-electron chi connectivity index (χ2n) is 7.16. The van der Waals surface area contributed by atoms with Crippen molar-refractivity contribution in [2.24, 2.45) is 0 Å². The van der Waals surface area contributed by atoms with Crippen LogP contribution in [0.2, 0.25) is 0 Å². The van der Waals surface area contributed by atoms with Crippen molar-refractivity contribution < 1.29 is 4.79 Å². The number of H-pyrrole nitrogens is 1. The highest BCUT2D eigenvalue weighted by Crippen LogP contribution is 2.21. The number of hydrogen-bond acceptors (Lipinski definition) is 4. The van der Waals surface area contributed by atoms with Crippen molar-refractivity contribution in [2.45, 2.75) is 32.6 Å². The number of nitrogens with zero attached hydrogens (tertiary/aromatic N) is 3. The molecule has 0 spiro atoms. The van der Waals surface area contributed by atoms with E-state index in [9.17, 15) is 9.59 Å². The Morgan fingerprint density at radius 2 is 1.92 bits per heavy atom. The standard InChI is InChI=1S/C20H24N4O2/c1-14-6-7-21-13-18(14)23-8-10-24(11-9-23)20(26)16-12-15-4-2-3-5-17(15)22-19(16)25/h6-7,12-13H,2-5,8-11H2,1H3,(H,22,25). The Kier molecular flexibility index (Phi) is 4.49. The van der Waals surface area contributed by atoms with E-state index in [0.717, 1.165) is 55.7 Å². The highest BCUT2D eigenvalue weighted by molar-refractivity contribution is 5.94. The van der Waals surface area contributed by atoms with Gasteiger partial charge in [-0.2, -0.15) is 0 Å². The summed E-state index contributed by atoms with van der Waals surface area (Å²) in [6.07, 6.45) is 7.74. The van der Waals surface area contributed by atoms with Crippen molar-refractivity contribution in [3.8, 4) is 0 Å². The second-order valence-corrected chi connectivity index (χ2v) is 7.16. The predicted molar refractivity (Wildman–Crippen MR) is 101 cm³/mol. The van der Waals surface area contributed by atoms with Gasteiger partial charge in [0, 0.05) is 38.1 Å². The molecule has 26 heavy (non-hydrogen) atoms. The topological polar surface area (TPSA) is 69.3 Å². The summed E-state index contributed by atoms with van der Waals surface area (Å²) in [5, 5.41) is 0. The maximum Gasteiger partial charge on any atom is 0.261 e. The molecule has 4 rings (SSSR count). The molecule has 1 saturated heterocycles. The van der Waals surface area contributed by atoms with Crippen molar-refractivity contribution in [3.05, 3.63) is 57.3 Å². The van der Waals surface area contributed by atoms with Gasteiger partial charge in [0.05, 0.1) is 11.9 Å². The van der Waals surface area contributed by atoms with Gasteiger partial charge in [-0.25, -0.2) is 0 Å². The maximum atomic E-state index is 12.9. The molecule has 0 radical (unpaired) electrons. The monoisotopic (exact) mass is 352 g/mol. The molecule has 2 aromatic heterocycles. The first-order chi connectivity index (χ1) is 12.6. The molecule has 1 aliphatic heterocycles. The highest BCUT2D eigenvalue weighted by atomic mass is 16.2. The summed E-state index contributed by atoms with van der Waals surface area (Å²) in [5.74, 6) is -0.151. The normalized spacial score (nSPS) is 17.1. The van der Waals surface area contributed by atoms with Crippen LogP contribution in [0.15, 0.2) is 29.3 Å². The lowest BCUT2D eigenvalue weighted by Crippen LogP contribution is -2.50. The van der Waals surface area contributed by atoms with Crippen molar-refractivity contribution in [2.75, 3.05) is 31.1 Å². The lowest BCUT2D eigenvalue weighted by molar-refractivity contribution is 0.0744. The van der Waals surface area contributed by atoms with E-state index in [1.54, 1.807) is 11.1 Å². The molecule has 2 aromatic rings. The maximum absolute atomic E-state index is 12.9. The molecule has 0 bridgehead atoms.